The highest BCUT2D eigenvalue weighted by molar-refractivity contribution is 5.02. The van der Waals surface area contributed by atoms with Crippen LogP contribution in [0.1, 0.15) is 73.1 Å². The first-order valence-electron chi connectivity index (χ1n) is 6.57. The zero-order valence-electron chi connectivity index (χ0n) is 11.3. The molecule has 0 saturated carbocycles. The Morgan fingerprint density at radius 2 is 2.00 bits per heavy atom. The molecule has 1 atom stereocenters. The van der Waals surface area contributed by atoms with Gasteiger partial charge in [-0.3, -0.25) is 0 Å². The Hall–Kier alpha value is -0.260. The van der Waals surface area contributed by atoms with E-state index in [1.165, 1.54) is 38.5 Å². The summed E-state index contributed by atoms with van der Waals surface area (Å²) in [6, 6.07) is 0. The summed E-state index contributed by atoms with van der Waals surface area (Å²) in [5, 5.41) is 0. The highest BCUT2D eigenvalue weighted by atomic mass is 14.4. The third-order valence-electron chi connectivity index (χ3n) is 5.01. The van der Waals surface area contributed by atoms with Crippen LogP contribution in [0.4, 0.5) is 0 Å². The molecule has 0 fully saturated rings. The average molecular weight is 208 g/mol. The molecule has 88 valence electrons. The van der Waals surface area contributed by atoms with E-state index in [1.807, 2.05) is 0 Å². The lowest BCUT2D eigenvalue weighted by atomic mass is 9.60. The topological polar surface area (TPSA) is 0 Å². The summed E-state index contributed by atoms with van der Waals surface area (Å²) in [4.78, 5) is 0. The van der Waals surface area contributed by atoms with Crippen molar-refractivity contribution in [3.63, 3.8) is 0 Å². The van der Waals surface area contributed by atoms with Gasteiger partial charge in [-0.25, -0.2) is 0 Å². The maximum absolute atomic E-state index is 2.50. The van der Waals surface area contributed by atoms with Crippen LogP contribution in [-0.2, 0) is 0 Å². The van der Waals surface area contributed by atoms with Crippen molar-refractivity contribution in [2.24, 2.45) is 10.8 Å². The molecule has 0 bridgehead atoms. The molecular weight excluding hydrogens is 180 g/mol. The zero-order chi connectivity index (χ0) is 11.5. The lowest BCUT2D eigenvalue weighted by Gasteiger charge is -2.45. The predicted octanol–water partition coefficient (Wildman–Crippen LogP) is 5.34. The van der Waals surface area contributed by atoms with Crippen LogP contribution in [0.5, 0.6) is 0 Å². The van der Waals surface area contributed by atoms with Gasteiger partial charge in [0.15, 0.2) is 0 Å². The van der Waals surface area contributed by atoms with Crippen LogP contribution < -0.4 is 0 Å². The van der Waals surface area contributed by atoms with Crippen LogP contribution in [0, 0.1) is 10.8 Å². The molecular formula is C15H28. The van der Waals surface area contributed by atoms with Gasteiger partial charge in [-0.2, -0.15) is 0 Å². The van der Waals surface area contributed by atoms with Crippen LogP contribution in [0.15, 0.2) is 11.6 Å². The molecule has 0 heterocycles. The molecule has 0 amide bonds. The van der Waals surface area contributed by atoms with Gasteiger partial charge in [-0.05, 0) is 49.9 Å². The number of allylic oxidation sites excluding steroid dienone is 2. The fourth-order valence-corrected chi connectivity index (χ4v) is 2.73. The maximum Gasteiger partial charge on any atom is -0.0272 e. The molecule has 15 heavy (non-hydrogen) atoms. The Labute approximate surface area is 96.2 Å². The van der Waals surface area contributed by atoms with Gasteiger partial charge < -0.3 is 0 Å². The van der Waals surface area contributed by atoms with Crippen LogP contribution in [-0.4, -0.2) is 0 Å². The van der Waals surface area contributed by atoms with Gasteiger partial charge in [0.25, 0.3) is 0 Å². The Balaban J connectivity index is 2.77. The Morgan fingerprint density at radius 1 is 1.33 bits per heavy atom. The Bertz CT molecular complexity index is 234. The van der Waals surface area contributed by atoms with E-state index in [2.05, 4.69) is 40.7 Å². The quantitative estimate of drug-likeness (QED) is 0.537. The van der Waals surface area contributed by atoms with E-state index in [0.29, 0.717) is 10.8 Å². The molecule has 0 aromatic heterocycles. The van der Waals surface area contributed by atoms with Gasteiger partial charge in [0.05, 0.1) is 0 Å². The van der Waals surface area contributed by atoms with Crippen molar-refractivity contribution in [2.45, 2.75) is 73.1 Å². The minimum atomic E-state index is 0.492. The van der Waals surface area contributed by atoms with E-state index in [1.54, 1.807) is 5.57 Å². The smallest absolute Gasteiger partial charge is 0.0272 e. The Morgan fingerprint density at radius 3 is 2.60 bits per heavy atom. The van der Waals surface area contributed by atoms with Crippen molar-refractivity contribution in [1.29, 1.82) is 0 Å². The van der Waals surface area contributed by atoms with E-state index in [0.717, 1.165) is 0 Å². The summed E-state index contributed by atoms with van der Waals surface area (Å²) >= 11 is 0. The molecule has 0 aromatic carbocycles. The minimum absolute atomic E-state index is 0.492. The van der Waals surface area contributed by atoms with Gasteiger partial charge >= 0.3 is 0 Å². The summed E-state index contributed by atoms with van der Waals surface area (Å²) in [6.45, 7) is 12.0. The minimum Gasteiger partial charge on any atom is -0.0856 e. The number of hydrogen-bond donors (Lipinski definition) is 0. The van der Waals surface area contributed by atoms with E-state index in [9.17, 15) is 0 Å². The summed E-state index contributed by atoms with van der Waals surface area (Å²) < 4.78 is 0. The molecule has 0 aromatic rings. The van der Waals surface area contributed by atoms with Crippen molar-refractivity contribution >= 4 is 0 Å². The molecule has 0 N–H and O–H groups in total. The third-order valence-corrected chi connectivity index (χ3v) is 5.01. The van der Waals surface area contributed by atoms with Gasteiger partial charge in [-0.1, -0.05) is 45.8 Å². The maximum atomic E-state index is 2.50. The number of rotatable bonds is 2. The van der Waals surface area contributed by atoms with E-state index in [-0.39, 0.29) is 0 Å². The second kappa shape index (κ2) is 4.72. The lowest BCUT2D eigenvalue weighted by molar-refractivity contribution is 0.0599. The molecule has 1 aliphatic carbocycles. The zero-order valence-corrected chi connectivity index (χ0v) is 11.3. The fourth-order valence-electron chi connectivity index (χ4n) is 2.73. The summed E-state index contributed by atoms with van der Waals surface area (Å²) in [5.74, 6) is 0. The third kappa shape index (κ3) is 2.86. The molecule has 1 unspecified atom stereocenters. The van der Waals surface area contributed by atoms with Crippen LogP contribution in [0.3, 0.4) is 0 Å². The SMILES string of the molecule is CCC(C)(C)C1(C)CCC=C(C)CCC1. The molecule has 0 spiro atoms. The molecule has 0 aliphatic heterocycles. The van der Waals surface area contributed by atoms with Crippen molar-refractivity contribution < 1.29 is 0 Å². The largest absolute Gasteiger partial charge is 0.0856 e. The van der Waals surface area contributed by atoms with Crippen molar-refractivity contribution in [3.8, 4) is 0 Å². The predicted molar refractivity (Wildman–Crippen MR) is 69.0 cm³/mol. The van der Waals surface area contributed by atoms with Crippen LogP contribution in [0.25, 0.3) is 0 Å². The van der Waals surface area contributed by atoms with Crippen molar-refractivity contribution in [2.75, 3.05) is 0 Å². The monoisotopic (exact) mass is 208 g/mol. The van der Waals surface area contributed by atoms with Crippen LogP contribution >= 0.6 is 0 Å². The second-order valence-electron chi connectivity index (χ2n) is 6.24. The van der Waals surface area contributed by atoms with Gasteiger partial charge in [-0.15, -0.1) is 0 Å². The average Bonchev–Trinajstić information content (AvgIpc) is 2.15. The molecule has 0 saturated heterocycles. The van der Waals surface area contributed by atoms with Crippen molar-refractivity contribution in [1.82, 2.24) is 0 Å². The lowest BCUT2D eigenvalue weighted by Crippen LogP contribution is -2.35. The van der Waals surface area contributed by atoms with Gasteiger partial charge in [0, 0.05) is 0 Å². The summed E-state index contributed by atoms with van der Waals surface area (Å²) in [6.07, 6.45) is 10.5. The molecule has 0 nitrogen and oxygen atoms in total. The number of hydrogen-bond acceptors (Lipinski definition) is 0. The van der Waals surface area contributed by atoms with Gasteiger partial charge in [0.1, 0.15) is 0 Å². The van der Waals surface area contributed by atoms with Crippen molar-refractivity contribution in [3.05, 3.63) is 11.6 Å². The van der Waals surface area contributed by atoms with Gasteiger partial charge in [0.2, 0.25) is 0 Å². The second-order valence-corrected chi connectivity index (χ2v) is 6.24. The van der Waals surface area contributed by atoms with Crippen LogP contribution in [0.2, 0.25) is 0 Å². The summed E-state index contributed by atoms with van der Waals surface area (Å²) in [7, 11) is 0. The molecule has 0 radical (unpaired) electrons. The first-order valence-corrected chi connectivity index (χ1v) is 6.57. The molecule has 1 aliphatic rings. The molecule has 1 rings (SSSR count). The van der Waals surface area contributed by atoms with E-state index < -0.39 is 0 Å². The Kier molecular flexibility index (Phi) is 4.03. The first kappa shape index (κ1) is 12.8. The molecule has 0 heteroatoms. The standard InChI is InChI=1S/C15H28/c1-6-14(3,4)15(5)11-7-9-13(2)10-8-12-15/h9H,6-8,10-12H2,1-5H3. The highest BCUT2D eigenvalue weighted by Gasteiger charge is 2.38. The first-order chi connectivity index (χ1) is 6.91. The summed E-state index contributed by atoms with van der Waals surface area (Å²) in [5.41, 5.74) is 2.64. The van der Waals surface area contributed by atoms with E-state index >= 15 is 0 Å². The van der Waals surface area contributed by atoms with E-state index in [4.69, 9.17) is 0 Å². The highest BCUT2D eigenvalue weighted by Crippen LogP contribution is 2.49. The fraction of sp³-hybridized carbons (Fsp3) is 0.867. The normalized spacial score (nSPS) is 29.3.